The van der Waals surface area contributed by atoms with Crippen LogP contribution in [0.25, 0.3) is 0 Å². The quantitative estimate of drug-likeness (QED) is 0.740. The fourth-order valence-corrected chi connectivity index (χ4v) is 4.03. The number of hydrogen-bond donors (Lipinski definition) is 0. The van der Waals surface area contributed by atoms with Gasteiger partial charge in [0.05, 0.1) is 0 Å². The lowest BCUT2D eigenvalue weighted by Gasteiger charge is -2.45. The molecule has 17 heavy (non-hydrogen) atoms. The van der Waals surface area contributed by atoms with Crippen LogP contribution in [0.5, 0.6) is 0 Å². The molecule has 0 radical (unpaired) electrons. The molecule has 0 aromatic carbocycles. The van der Waals surface area contributed by atoms with E-state index in [9.17, 15) is 0 Å². The van der Waals surface area contributed by atoms with Gasteiger partial charge in [-0.05, 0) is 44.1 Å². The second-order valence-electron chi connectivity index (χ2n) is 6.67. The van der Waals surface area contributed by atoms with Gasteiger partial charge in [-0.3, -0.25) is 9.80 Å². The summed E-state index contributed by atoms with van der Waals surface area (Å²) in [5, 5.41) is 0. The second kappa shape index (κ2) is 4.89. The minimum Gasteiger partial charge on any atom is -0.300 e. The molecule has 0 N–H and O–H groups in total. The van der Waals surface area contributed by atoms with Crippen LogP contribution in [-0.2, 0) is 0 Å². The largest absolute Gasteiger partial charge is 0.300 e. The van der Waals surface area contributed by atoms with Gasteiger partial charge < -0.3 is 0 Å². The summed E-state index contributed by atoms with van der Waals surface area (Å²) in [6.45, 7) is 9.17. The Morgan fingerprint density at radius 3 is 2.76 bits per heavy atom. The molecule has 1 atom stereocenters. The third-order valence-electron chi connectivity index (χ3n) is 5.22. The van der Waals surface area contributed by atoms with Crippen molar-refractivity contribution in [2.75, 3.05) is 32.7 Å². The van der Waals surface area contributed by atoms with E-state index in [1.165, 1.54) is 77.7 Å². The highest BCUT2D eigenvalue weighted by Gasteiger charge is 2.43. The summed E-state index contributed by atoms with van der Waals surface area (Å²) in [6.07, 6.45) is 10.2. The van der Waals surface area contributed by atoms with Gasteiger partial charge in [0.2, 0.25) is 0 Å². The van der Waals surface area contributed by atoms with Crippen molar-refractivity contribution in [3.63, 3.8) is 0 Å². The average molecular weight is 236 g/mol. The molecule has 0 bridgehead atoms. The lowest BCUT2D eigenvalue weighted by atomic mass is 9.96. The van der Waals surface area contributed by atoms with Crippen molar-refractivity contribution < 1.29 is 0 Å². The lowest BCUT2D eigenvalue weighted by molar-refractivity contribution is 0.0384. The predicted molar refractivity (Wildman–Crippen MR) is 72.2 cm³/mol. The molecular formula is C15H28N2. The zero-order valence-electron chi connectivity index (χ0n) is 11.5. The third-order valence-corrected chi connectivity index (χ3v) is 5.22. The Balaban J connectivity index is 1.52. The molecule has 0 aromatic rings. The van der Waals surface area contributed by atoms with Crippen molar-refractivity contribution in [1.82, 2.24) is 9.80 Å². The first-order valence-electron chi connectivity index (χ1n) is 7.78. The minimum atomic E-state index is 0.756. The summed E-state index contributed by atoms with van der Waals surface area (Å²) in [7, 11) is 0. The summed E-state index contributed by atoms with van der Waals surface area (Å²) in [4.78, 5) is 5.54. The molecule has 2 nitrogen and oxygen atoms in total. The monoisotopic (exact) mass is 236 g/mol. The maximum atomic E-state index is 2.79. The Hall–Kier alpha value is -0.0800. The standard InChI is InChI=1S/C15H28N2/c1-2-6-15(7-8-15)13-16-10-11-17-9-4-3-5-14(17)12-16/h14H,2-13H2,1H3. The summed E-state index contributed by atoms with van der Waals surface area (Å²) < 4.78 is 0. The number of rotatable bonds is 4. The van der Waals surface area contributed by atoms with Crippen LogP contribution in [0.15, 0.2) is 0 Å². The van der Waals surface area contributed by atoms with Crippen molar-refractivity contribution in [3.8, 4) is 0 Å². The van der Waals surface area contributed by atoms with Crippen LogP contribution in [0, 0.1) is 5.41 Å². The van der Waals surface area contributed by atoms with Crippen LogP contribution in [0.2, 0.25) is 0 Å². The molecule has 2 aliphatic heterocycles. The SMILES string of the molecule is CCCC1(CN2CCN3CCCCC3C2)CC1. The van der Waals surface area contributed by atoms with E-state index in [1.54, 1.807) is 0 Å². The molecule has 1 aliphatic carbocycles. The van der Waals surface area contributed by atoms with Crippen LogP contribution in [0.4, 0.5) is 0 Å². The molecular weight excluding hydrogens is 208 g/mol. The number of hydrogen-bond acceptors (Lipinski definition) is 2. The van der Waals surface area contributed by atoms with Crippen LogP contribution in [0.3, 0.4) is 0 Å². The molecule has 2 heterocycles. The van der Waals surface area contributed by atoms with E-state index in [4.69, 9.17) is 0 Å². The highest BCUT2D eigenvalue weighted by molar-refractivity contribution is 4.97. The Labute approximate surface area is 106 Å². The maximum absolute atomic E-state index is 2.79. The number of nitrogens with zero attached hydrogens (tertiary/aromatic N) is 2. The lowest BCUT2D eigenvalue weighted by Crippen LogP contribution is -2.55. The van der Waals surface area contributed by atoms with E-state index in [0.717, 1.165) is 11.5 Å². The normalized spacial score (nSPS) is 33.4. The van der Waals surface area contributed by atoms with Gasteiger partial charge in [0.1, 0.15) is 0 Å². The van der Waals surface area contributed by atoms with Crippen molar-refractivity contribution in [1.29, 1.82) is 0 Å². The summed E-state index contributed by atoms with van der Waals surface area (Å²) in [5.74, 6) is 0. The highest BCUT2D eigenvalue weighted by Crippen LogP contribution is 2.50. The van der Waals surface area contributed by atoms with Crippen molar-refractivity contribution in [2.45, 2.75) is 57.9 Å². The smallest absolute Gasteiger partial charge is 0.0223 e. The first-order chi connectivity index (χ1) is 8.31. The minimum absolute atomic E-state index is 0.756. The second-order valence-corrected chi connectivity index (χ2v) is 6.67. The van der Waals surface area contributed by atoms with Crippen LogP contribution >= 0.6 is 0 Å². The van der Waals surface area contributed by atoms with E-state index in [2.05, 4.69) is 16.7 Å². The van der Waals surface area contributed by atoms with Crippen LogP contribution < -0.4 is 0 Å². The Morgan fingerprint density at radius 1 is 1.12 bits per heavy atom. The Kier molecular flexibility index (Phi) is 3.45. The van der Waals surface area contributed by atoms with Crippen molar-refractivity contribution in [2.24, 2.45) is 5.41 Å². The van der Waals surface area contributed by atoms with E-state index >= 15 is 0 Å². The van der Waals surface area contributed by atoms with E-state index in [-0.39, 0.29) is 0 Å². The van der Waals surface area contributed by atoms with Gasteiger partial charge in [0.25, 0.3) is 0 Å². The number of fused-ring (bicyclic) bond motifs is 1. The summed E-state index contributed by atoms with van der Waals surface area (Å²) in [6, 6.07) is 0.898. The molecule has 0 amide bonds. The van der Waals surface area contributed by atoms with Gasteiger partial charge in [-0.2, -0.15) is 0 Å². The molecule has 2 heteroatoms. The van der Waals surface area contributed by atoms with Gasteiger partial charge in [-0.1, -0.05) is 19.8 Å². The predicted octanol–water partition coefficient (Wildman–Crippen LogP) is 2.74. The molecule has 2 saturated heterocycles. The van der Waals surface area contributed by atoms with Gasteiger partial charge in [-0.15, -0.1) is 0 Å². The highest BCUT2D eigenvalue weighted by atomic mass is 15.3. The number of piperidine rings is 1. The van der Waals surface area contributed by atoms with E-state index < -0.39 is 0 Å². The topological polar surface area (TPSA) is 6.48 Å². The Morgan fingerprint density at radius 2 is 2.00 bits per heavy atom. The maximum Gasteiger partial charge on any atom is 0.0223 e. The molecule has 1 saturated carbocycles. The molecule has 3 fully saturated rings. The molecule has 3 aliphatic rings. The van der Waals surface area contributed by atoms with E-state index in [0.29, 0.717) is 0 Å². The molecule has 1 unspecified atom stereocenters. The van der Waals surface area contributed by atoms with Crippen molar-refractivity contribution >= 4 is 0 Å². The van der Waals surface area contributed by atoms with Gasteiger partial charge in [0, 0.05) is 32.2 Å². The van der Waals surface area contributed by atoms with Crippen LogP contribution in [0.1, 0.15) is 51.9 Å². The van der Waals surface area contributed by atoms with Gasteiger partial charge in [0.15, 0.2) is 0 Å². The Bertz CT molecular complexity index is 260. The summed E-state index contributed by atoms with van der Waals surface area (Å²) in [5.41, 5.74) is 0.756. The molecule has 3 rings (SSSR count). The zero-order chi connectivity index (χ0) is 11.7. The molecule has 0 aromatic heterocycles. The average Bonchev–Trinajstić information content (AvgIpc) is 3.09. The van der Waals surface area contributed by atoms with Crippen molar-refractivity contribution in [3.05, 3.63) is 0 Å². The first-order valence-corrected chi connectivity index (χ1v) is 7.78. The number of piperazine rings is 1. The molecule has 0 spiro atoms. The fraction of sp³-hybridized carbons (Fsp3) is 1.00. The van der Waals surface area contributed by atoms with Crippen LogP contribution in [-0.4, -0.2) is 48.6 Å². The van der Waals surface area contributed by atoms with Gasteiger partial charge >= 0.3 is 0 Å². The first kappa shape index (κ1) is 12.0. The summed E-state index contributed by atoms with van der Waals surface area (Å²) >= 11 is 0. The fourth-order valence-electron chi connectivity index (χ4n) is 4.03. The van der Waals surface area contributed by atoms with Gasteiger partial charge in [-0.25, -0.2) is 0 Å². The molecule has 98 valence electrons. The third kappa shape index (κ3) is 2.68. The zero-order valence-corrected chi connectivity index (χ0v) is 11.5. The van der Waals surface area contributed by atoms with E-state index in [1.807, 2.05) is 0 Å².